The Labute approximate surface area is 112 Å². The van der Waals surface area contributed by atoms with E-state index < -0.39 is 0 Å². The summed E-state index contributed by atoms with van der Waals surface area (Å²) in [6.45, 7) is 2.51. The van der Waals surface area contributed by atoms with Crippen LogP contribution in [0.5, 0.6) is 5.75 Å². The Morgan fingerprint density at radius 3 is 2.47 bits per heavy atom. The number of benzene rings is 2. The predicted molar refractivity (Wildman–Crippen MR) is 74.4 cm³/mol. The molecule has 0 heterocycles. The highest BCUT2D eigenvalue weighted by atomic mass is 16.5. The predicted octanol–water partition coefficient (Wildman–Crippen LogP) is 3.54. The quantitative estimate of drug-likeness (QED) is 0.785. The van der Waals surface area contributed by atoms with Gasteiger partial charge in [0.15, 0.2) is 0 Å². The second-order valence-electron chi connectivity index (χ2n) is 4.00. The Hall–Kier alpha value is -2.29. The summed E-state index contributed by atoms with van der Waals surface area (Å²) in [5.41, 5.74) is 2.42. The molecule has 0 saturated carbocycles. The van der Waals surface area contributed by atoms with E-state index in [0.29, 0.717) is 12.2 Å². The Kier molecular flexibility index (Phi) is 4.18. The SMILES string of the molecule is CCOc1ccc(C(=O)OC)cc1-c1ccccc1. The van der Waals surface area contributed by atoms with E-state index in [2.05, 4.69) is 0 Å². The third-order valence-corrected chi connectivity index (χ3v) is 2.79. The molecule has 3 heteroatoms. The van der Waals surface area contributed by atoms with Gasteiger partial charge in [-0.25, -0.2) is 4.79 Å². The summed E-state index contributed by atoms with van der Waals surface area (Å²) in [6, 6.07) is 15.1. The van der Waals surface area contributed by atoms with Crippen LogP contribution in [-0.4, -0.2) is 19.7 Å². The van der Waals surface area contributed by atoms with Gasteiger partial charge in [0.25, 0.3) is 0 Å². The van der Waals surface area contributed by atoms with Crippen LogP contribution in [0, 0.1) is 0 Å². The van der Waals surface area contributed by atoms with E-state index in [1.807, 2.05) is 37.3 Å². The molecule has 0 spiro atoms. The zero-order chi connectivity index (χ0) is 13.7. The molecule has 0 atom stereocenters. The summed E-state index contributed by atoms with van der Waals surface area (Å²) in [7, 11) is 1.38. The minimum Gasteiger partial charge on any atom is -0.493 e. The first-order valence-electron chi connectivity index (χ1n) is 6.17. The summed E-state index contributed by atoms with van der Waals surface area (Å²) in [5.74, 6) is 0.418. The van der Waals surface area contributed by atoms with Crippen molar-refractivity contribution in [2.24, 2.45) is 0 Å². The summed E-state index contributed by atoms with van der Waals surface area (Å²) in [5, 5.41) is 0. The van der Waals surface area contributed by atoms with Crippen LogP contribution in [0.2, 0.25) is 0 Å². The zero-order valence-corrected chi connectivity index (χ0v) is 11.1. The second kappa shape index (κ2) is 6.05. The average Bonchev–Trinajstić information content (AvgIpc) is 2.48. The maximum Gasteiger partial charge on any atom is 0.337 e. The maximum absolute atomic E-state index is 11.6. The molecule has 19 heavy (non-hydrogen) atoms. The van der Waals surface area contributed by atoms with Crippen molar-refractivity contribution in [2.45, 2.75) is 6.92 Å². The lowest BCUT2D eigenvalue weighted by Crippen LogP contribution is -2.02. The van der Waals surface area contributed by atoms with Crippen LogP contribution in [0.25, 0.3) is 11.1 Å². The monoisotopic (exact) mass is 256 g/mol. The molecule has 0 aliphatic carbocycles. The van der Waals surface area contributed by atoms with Crippen LogP contribution in [0.3, 0.4) is 0 Å². The van der Waals surface area contributed by atoms with Crippen LogP contribution in [-0.2, 0) is 4.74 Å². The van der Waals surface area contributed by atoms with Gasteiger partial charge in [-0.15, -0.1) is 0 Å². The number of rotatable bonds is 4. The molecule has 98 valence electrons. The summed E-state index contributed by atoms with van der Waals surface area (Å²) >= 11 is 0. The minimum absolute atomic E-state index is 0.347. The third kappa shape index (κ3) is 2.94. The van der Waals surface area contributed by atoms with Crippen molar-refractivity contribution in [2.75, 3.05) is 13.7 Å². The standard InChI is InChI=1S/C16H16O3/c1-3-19-15-10-9-13(16(17)18-2)11-14(15)12-7-5-4-6-8-12/h4-11H,3H2,1-2H3. The van der Waals surface area contributed by atoms with Gasteiger partial charge in [0.1, 0.15) is 5.75 Å². The van der Waals surface area contributed by atoms with Crippen molar-refractivity contribution in [3.05, 3.63) is 54.1 Å². The lowest BCUT2D eigenvalue weighted by atomic mass is 10.0. The highest BCUT2D eigenvalue weighted by Gasteiger charge is 2.11. The maximum atomic E-state index is 11.6. The van der Waals surface area contributed by atoms with Crippen LogP contribution >= 0.6 is 0 Å². The number of carbonyl (C=O) groups excluding carboxylic acids is 1. The van der Waals surface area contributed by atoms with Gasteiger partial charge in [-0.3, -0.25) is 0 Å². The fourth-order valence-corrected chi connectivity index (χ4v) is 1.90. The molecule has 0 fully saturated rings. The van der Waals surface area contributed by atoms with E-state index in [-0.39, 0.29) is 5.97 Å². The summed E-state index contributed by atoms with van der Waals surface area (Å²) in [4.78, 5) is 11.6. The zero-order valence-electron chi connectivity index (χ0n) is 11.1. The van der Waals surface area contributed by atoms with Crippen molar-refractivity contribution in [1.29, 1.82) is 0 Å². The lowest BCUT2D eigenvalue weighted by molar-refractivity contribution is 0.0601. The topological polar surface area (TPSA) is 35.5 Å². The number of ether oxygens (including phenoxy) is 2. The number of hydrogen-bond acceptors (Lipinski definition) is 3. The Morgan fingerprint density at radius 1 is 1.11 bits per heavy atom. The van der Waals surface area contributed by atoms with Gasteiger partial charge in [-0.1, -0.05) is 30.3 Å². The van der Waals surface area contributed by atoms with Crippen LogP contribution < -0.4 is 4.74 Å². The average molecular weight is 256 g/mol. The first-order valence-corrected chi connectivity index (χ1v) is 6.17. The molecule has 0 saturated heterocycles. The van der Waals surface area contributed by atoms with Gasteiger partial charge >= 0.3 is 5.97 Å². The first-order chi connectivity index (χ1) is 9.26. The number of hydrogen-bond donors (Lipinski definition) is 0. The Bertz CT molecular complexity index is 561. The van der Waals surface area contributed by atoms with Gasteiger partial charge in [0, 0.05) is 5.56 Å². The van der Waals surface area contributed by atoms with E-state index in [1.54, 1.807) is 18.2 Å². The number of esters is 1. The van der Waals surface area contributed by atoms with Crippen molar-refractivity contribution in [1.82, 2.24) is 0 Å². The smallest absolute Gasteiger partial charge is 0.337 e. The van der Waals surface area contributed by atoms with Crippen molar-refractivity contribution in [3.63, 3.8) is 0 Å². The molecule has 0 unspecified atom stereocenters. The first kappa shape index (κ1) is 13.1. The molecule has 2 aromatic rings. The lowest BCUT2D eigenvalue weighted by Gasteiger charge is -2.11. The molecule has 2 rings (SSSR count). The molecule has 0 radical (unpaired) electrons. The van der Waals surface area contributed by atoms with E-state index in [0.717, 1.165) is 16.9 Å². The van der Waals surface area contributed by atoms with E-state index in [4.69, 9.17) is 9.47 Å². The largest absolute Gasteiger partial charge is 0.493 e. The molecule has 0 N–H and O–H groups in total. The number of carbonyl (C=O) groups is 1. The van der Waals surface area contributed by atoms with Gasteiger partial charge in [0.2, 0.25) is 0 Å². The minimum atomic E-state index is -0.347. The van der Waals surface area contributed by atoms with Crippen molar-refractivity contribution >= 4 is 5.97 Å². The molecule has 0 aliphatic rings. The summed E-state index contributed by atoms with van der Waals surface area (Å²) in [6.07, 6.45) is 0. The third-order valence-electron chi connectivity index (χ3n) is 2.79. The normalized spacial score (nSPS) is 10.0. The molecule has 2 aromatic carbocycles. The highest BCUT2D eigenvalue weighted by molar-refractivity contribution is 5.91. The fraction of sp³-hybridized carbons (Fsp3) is 0.188. The second-order valence-corrected chi connectivity index (χ2v) is 4.00. The molecular weight excluding hydrogens is 240 g/mol. The molecular formula is C16H16O3. The fourth-order valence-electron chi connectivity index (χ4n) is 1.90. The Morgan fingerprint density at radius 2 is 1.84 bits per heavy atom. The molecule has 3 nitrogen and oxygen atoms in total. The van der Waals surface area contributed by atoms with Gasteiger partial charge in [0.05, 0.1) is 19.3 Å². The van der Waals surface area contributed by atoms with Crippen molar-refractivity contribution in [3.8, 4) is 16.9 Å². The van der Waals surface area contributed by atoms with Crippen LogP contribution in [0.1, 0.15) is 17.3 Å². The van der Waals surface area contributed by atoms with Gasteiger partial charge in [-0.05, 0) is 30.7 Å². The molecule has 0 amide bonds. The van der Waals surface area contributed by atoms with Gasteiger partial charge < -0.3 is 9.47 Å². The summed E-state index contributed by atoms with van der Waals surface area (Å²) < 4.78 is 10.4. The van der Waals surface area contributed by atoms with Crippen LogP contribution in [0.4, 0.5) is 0 Å². The highest BCUT2D eigenvalue weighted by Crippen LogP contribution is 2.31. The molecule has 0 aliphatic heterocycles. The Balaban J connectivity index is 2.51. The number of methoxy groups -OCH3 is 1. The van der Waals surface area contributed by atoms with E-state index in [1.165, 1.54) is 7.11 Å². The van der Waals surface area contributed by atoms with E-state index in [9.17, 15) is 4.79 Å². The van der Waals surface area contributed by atoms with Gasteiger partial charge in [-0.2, -0.15) is 0 Å². The molecule has 0 aromatic heterocycles. The molecule has 0 bridgehead atoms. The van der Waals surface area contributed by atoms with Crippen molar-refractivity contribution < 1.29 is 14.3 Å². The van der Waals surface area contributed by atoms with Crippen LogP contribution in [0.15, 0.2) is 48.5 Å². The van der Waals surface area contributed by atoms with E-state index >= 15 is 0 Å².